The van der Waals surface area contributed by atoms with Gasteiger partial charge in [-0.1, -0.05) is 12.1 Å². The van der Waals surface area contributed by atoms with Crippen LogP contribution < -0.4 is 0 Å². The molecule has 1 aromatic carbocycles. The van der Waals surface area contributed by atoms with Crippen molar-refractivity contribution in [3.63, 3.8) is 0 Å². The number of rotatable bonds is 4. The largest absolute Gasteiger partial charge is 0.472 e. The van der Waals surface area contributed by atoms with E-state index in [1.165, 1.54) is 30.7 Å². The molecule has 0 bridgehead atoms. The molecule has 1 N–H and O–H groups in total. The predicted molar refractivity (Wildman–Crippen MR) is 87.2 cm³/mol. The van der Waals surface area contributed by atoms with Crippen LogP contribution in [0.15, 0.2) is 47.3 Å². The summed E-state index contributed by atoms with van der Waals surface area (Å²) in [7, 11) is 0. The highest BCUT2D eigenvalue weighted by molar-refractivity contribution is 5.94. The molecule has 1 aromatic heterocycles. The highest BCUT2D eigenvalue weighted by Gasteiger charge is 2.26. The number of carbonyl (C=O) groups excluding carboxylic acids is 2. The lowest BCUT2D eigenvalue weighted by molar-refractivity contribution is -0.134. The number of furan rings is 1. The Balaban J connectivity index is 1.52. The van der Waals surface area contributed by atoms with Gasteiger partial charge in [0, 0.05) is 26.2 Å². The first-order valence-electron chi connectivity index (χ1n) is 8.07. The Kier molecular flexibility index (Phi) is 5.14. The van der Waals surface area contributed by atoms with Crippen molar-refractivity contribution < 1.29 is 23.5 Å². The molecule has 1 unspecified atom stereocenters. The highest BCUT2D eigenvalue weighted by Crippen LogP contribution is 2.19. The van der Waals surface area contributed by atoms with E-state index in [4.69, 9.17) is 4.42 Å². The van der Waals surface area contributed by atoms with Gasteiger partial charge in [-0.15, -0.1) is 0 Å². The standard InChI is InChI=1S/C18H19FN2O4/c19-15-3-1-2-13(10-15)16(22)11-17(23)20-5-7-21(8-6-20)18(24)14-4-9-25-12-14/h1-4,9-10,12,16,22H,5-8,11H2. The molecule has 6 nitrogen and oxygen atoms in total. The number of hydrogen-bond donors (Lipinski definition) is 1. The zero-order valence-electron chi connectivity index (χ0n) is 13.6. The second-order valence-corrected chi connectivity index (χ2v) is 5.96. The smallest absolute Gasteiger partial charge is 0.257 e. The van der Waals surface area contributed by atoms with Crippen LogP contribution in [0.5, 0.6) is 0 Å². The first-order chi connectivity index (χ1) is 12.0. The van der Waals surface area contributed by atoms with Crippen LogP contribution in [0.4, 0.5) is 4.39 Å². The Labute approximate surface area is 144 Å². The summed E-state index contributed by atoms with van der Waals surface area (Å²) in [5.74, 6) is -0.789. The van der Waals surface area contributed by atoms with Gasteiger partial charge in [-0.3, -0.25) is 9.59 Å². The zero-order valence-corrected chi connectivity index (χ0v) is 13.6. The fourth-order valence-corrected chi connectivity index (χ4v) is 2.85. The van der Waals surface area contributed by atoms with Crippen molar-refractivity contribution in [1.29, 1.82) is 0 Å². The summed E-state index contributed by atoms with van der Waals surface area (Å²) in [6.07, 6.45) is 1.68. The third-order valence-electron chi connectivity index (χ3n) is 4.29. The van der Waals surface area contributed by atoms with Gasteiger partial charge < -0.3 is 19.3 Å². The van der Waals surface area contributed by atoms with Gasteiger partial charge in [-0.25, -0.2) is 4.39 Å². The maximum Gasteiger partial charge on any atom is 0.257 e. The third kappa shape index (κ3) is 4.06. The summed E-state index contributed by atoms with van der Waals surface area (Å²) in [5, 5.41) is 10.1. The number of benzene rings is 1. The van der Waals surface area contributed by atoms with Crippen LogP contribution in [-0.4, -0.2) is 52.9 Å². The normalized spacial score (nSPS) is 15.9. The van der Waals surface area contributed by atoms with Crippen LogP contribution in [0.2, 0.25) is 0 Å². The fraction of sp³-hybridized carbons (Fsp3) is 0.333. The predicted octanol–water partition coefficient (Wildman–Crippen LogP) is 1.83. The molecule has 1 aliphatic rings. The molecular formula is C18H19FN2O4. The summed E-state index contributed by atoms with van der Waals surface area (Å²) in [6.45, 7) is 1.65. The fourth-order valence-electron chi connectivity index (χ4n) is 2.85. The molecule has 0 saturated carbocycles. The molecule has 132 valence electrons. The molecule has 2 heterocycles. The van der Waals surface area contributed by atoms with Gasteiger partial charge in [0.2, 0.25) is 5.91 Å². The molecule has 0 spiro atoms. The van der Waals surface area contributed by atoms with E-state index in [1.807, 2.05) is 0 Å². The Morgan fingerprint density at radius 2 is 1.88 bits per heavy atom. The van der Waals surface area contributed by atoms with Gasteiger partial charge in [-0.2, -0.15) is 0 Å². The molecule has 1 aliphatic heterocycles. The van der Waals surface area contributed by atoms with Crippen LogP contribution in [0.3, 0.4) is 0 Å². The molecule has 0 radical (unpaired) electrons. The molecule has 25 heavy (non-hydrogen) atoms. The molecule has 1 saturated heterocycles. The maximum absolute atomic E-state index is 13.2. The Morgan fingerprint density at radius 3 is 2.52 bits per heavy atom. The van der Waals surface area contributed by atoms with Gasteiger partial charge in [-0.05, 0) is 23.8 Å². The van der Waals surface area contributed by atoms with E-state index >= 15 is 0 Å². The van der Waals surface area contributed by atoms with Crippen molar-refractivity contribution in [2.45, 2.75) is 12.5 Å². The minimum Gasteiger partial charge on any atom is -0.472 e. The second kappa shape index (κ2) is 7.48. The van der Waals surface area contributed by atoms with Crippen LogP contribution in [0.25, 0.3) is 0 Å². The maximum atomic E-state index is 13.2. The van der Waals surface area contributed by atoms with Gasteiger partial charge in [0.25, 0.3) is 5.91 Å². The molecule has 1 atom stereocenters. The summed E-state index contributed by atoms with van der Waals surface area (Å²) in [5.41, 5.74) is 0.864. The summed E-state index contributed by atoms with van der Waals surface area (Å²) in [6, 6.07) is 7.20. The SMILES string of the molecule is O=C(CC(O)c1cccc(F)c1)N1CCN(C(=O)c2ccoc2)CC1. The van der Waals surface area contributed by atoms with Crippen LogP contribution in [-0.2, 0) is 4.79 Å². The number of hydrogen-bond acceptors (Lipinski definition) is 4. The number of nitrogens with zero attached hydrogens (tertiary/aromatic N) is 2. The average molecular weight is 346 g/mol. The van der Waals surface area contributed by atoms with E-state index in [-0.39, 0.29) is 18.2 Å². The molecule has 3 rings (SSSR count). The first kappa shape index (κ1) is 17.2. The number of piperazine rings is 1. The topological polar surface area (TPSA) is 74.0 Å². The quantitative estimate of drug-likeness (QED) is 0.917. The zero-order chi connectivity index (χ0) is 17.8. The molecule has 2 aromatic rings. The molecule has 2 amide bonds. The third-order valence-corrected chi connectivity index (χ3v) is 4.29. The Morgan fingerprint density at radius 1 is 1.16 bits per heavy atom. The van der Waals surface area contributed by atoms with Crippen molar-refractivity contribution in [2.24, 2.45) is 0 Å². The van der Waals surface area contributed by atoms with Crippen LogP contribution in [0.1, 0.15) is 28.4 Å². The number of aliphatic hydroxyl groups excluding tert-OH is 1. The highest BCUT2D eigenvalue weighted by atomic mass is 19.1. The summed E-state index contributed by atoms with van der Waals surface area (Å²) < 4.78 is 18.1. The lowest BCUT2D eigenvalue weighted by Gasteiger charge is -2.35. The number of carbonyl (C=O) groups is 2. The lowest BCUT2D eigenvalue weighted by Crippen LogP contribution is -2.50. The molecule has 1 fully saturated rings. The monoisotopic (exact) mass is 346 g/mol. The van der Waals surface area contributed by atoms with E-state index in [9.17, 15) is 19.1 Å². The number of aliphatic hydroxyl groups is 1. The minimum absolute atomic E-state index is 0.112. The van der Waals surface area contributed by atoms with Crippen LogP contribution >= 0.6 is 0 Å². The average Bonchev–Trinajstić information content (AvgIpc) is 3.16. The van der Waals surface area contributed by atoms with Crippen molar-refractivity contribution in [3.05, 3.63) is 59.8 Å². The van der Waals surface area contributed by atoms with E-state index in [0.717, 1.165) is 0 Å². The van der Waals surface area contributed by atoms with Gasteiger partial charge >= 0.3 is 0 Å². The van der Waals surface area contributed by atoms with Gasteiger partial charge in [0.05, 0.1) is 24.4 Å². The Bertz CT molecular complexity index is 739. The van der Waals surface area contributed by atoms with Crippen molar-refractivity contribution in [3.8, 4) is 0 Å². The van der Waals surface area contributed by atoms with E-state index in [2.05, 4.69) is 0 Å². The Hall–Kier alpha value is -2.67. The molecular weight excluding hydrogens is 327 g/mol. The first-order valence-corrected chi connectivity index (χ1v) is 8.07. The van der Waals surface area contributed by atoms with Gasteiger partial charge in [0.15, 0.2) is 0 Å². The second-order valence-electron chi connectivity index (χ2n) is 5.96. The van der Waals surface area contributed by atoms with Crippen molar-refractivity contribution in [1.82, 2.24) is 9.80 Å². The number of halogens is 1. The van der Waals surface area contributed by atoms with Crippen molar-refractivity contribution >= 4 is 11.8 Å². The lowest BCUT2D eigenvalue weighted by atomic mass is 10.1. The number of amides is 2. The van der Waals surface area contributed by atoms with E-state index in [1.54, 1.807) is 21.9 Å². The molecule has 0 aliphatic carbocycles. The van der Waals surface area contributed by atoms with Crippen molar-refractivity contribution in [2.75, 3.05) is 26.2 Å². The minimum atomic E-state index is -1.05. The van der Waals surface area contributed by atoms with E-state index in [0.29, 0.717) is 37.3 Å². The summed E-state index contributed by atoms with van der Waals surface area (Å²) >= 11 is 0. The molecule has 7 heteroatoms. The van der Waals surface area contributed by atoms with E-state index < -0.39 is 11.9 Å². The summed E-state index contributed by atoms with van der Waals surface area (Å²) in [4.78, 5) is 27.8. The van der Waals surface area contributed by atoms with Gasteiger partial charge in [0.1, 0.15) is 12.1 Å². The van der Waals surface area contributed by atoms with Crippen LogP contribution in [0, 0.1) is 5.82 Å².